The Balaban J connectivity index is 1.53. The molecule has 8 heteroatoms. The number of ether oxygens (including phenoxy) is 1. The second kappa shape index (κ2) is 10.2. The molecule has 0 bridgehead atoms. The third-order valence-electron chi connectivity index (χ3n) is 7.73. The first kappa shape index (κ1) is 24.7. The zero-order valence-electron chi connectivity index (χ0n) is 21.0. The number of piperidine rings is 1. The first-order valence-electron chi connectivity index (χ1n) is 12.6. The van der Waals surface area contributed by atoms with Gasteiger partial charge in [0.05, 0.1) is 24.7 Å². The summed E-state index contributed by atoms with van der Waals surface area (Å²) in [6, 6.07) is 16.5. The van der Waals surface area contributed by atoms with Gasteiger partial charge in [0.2, 0.25) is 5.91 Å². The predicted molar refractivity (Wildman–Crippen MR) is 146 cm³/mol. The summed E-state index contributed by atoms with van der Waals surface area (Å²) < 4.78 is 5.13. The Kier molecular flexibility index (Phi) is 7.01. The molecular weight excluding hydrogens is 472 g/mol. The third-order valence-corrected chi connectivity index (χ3v) is 8.16. The number of rotatable bonds is 6. The van der Waals surface area contributed by atoms with Gasteiger partial charge in [0.25, 0.3) is 0 Å². The van der Waals surface area contributed by atoms with Crippen molar-refractivity contribution in [1.29, 1.82) is 0 Å². The molecular formula is C28H34N4O3S. The van der Waals surface area contributed by atoms with E-state index in [0.29, 0.717) is 31.2 Å². The summed E-state index contributed by atoms with van der Waals surface area (Å²) in [4.78, 5) is 21.3. The van der Waals surface area contributed by atoms with E-state index in [1.54, 1.807) is 14.0 Å². The van der Waals surface area contributed by atoms with E-state index in [0.717, 1.165) is 17.6 Å². The number of aromatic nitrogens is 1. The molecule has 1 amide bonds. The molecule has 1 aromatic heterocycles. The van der Waals surface area contributed by atoms with Crippen molar-refractivity contribution >= 4 is 34.1 Å². The van der Waals surface area contributed by atoms with Crippen molar-refractivity contribution in [2.75, 3.05) is 33.9 Å². The van der Waals surface area contributed by atoms with Crippen molar-refractivity contribution in [2.45, 2.75) is 38.0 Å². The summed E-state index contributed by atoms with van der Waals surface area (Å²) in [6.07, 6.45) is 0.692. The van der Waals surface area contributed by atoms with Crippen molar-refractivity contribution in [2.24, 2.45) is 5.92 Å². The van der Waals surface area contributed by atoms with Gasteiger partial charge in [-0.25, -0.2) is 0 Å². The van der Waals surface area contributed by atoms with Crippen LogP contribution in [0.3, 0.4) is 0 Å². The summed E-state index contributed by atoms with van der Waals surface area (Å²) in [7, 11) is 3.56. The number of H-pyrrole nitrogens is 1. The fourth-order valence-corrected chi connectivity index (χ4v) is 6.22. The van der Waals surface area contributed by atoms with Crippen LogP contribution in [0.5, 0.6) is 0 Å². The van der Waals surface area contributed by atoms with Gasteiger partial charge in [0, 0.05) is 49.9 Å². The van der Waals surface area contributed by atoms with Crippen molar-refractivity contribution in [3.05, 3.63) is 59.8 Å². The molecule has 1 fully saturated rings. The van der Waals surface area contributed by atoms with Gasteiger partial charge < -0.3 is 29.9 Å². The van der Waals surface area contributed by atoms with E-state index in [4.69, 9.17) is 17.0 Å². The van der Waals surface area contributed by atoms with Crippen LogP contribution in [-0.2, 0) is 16.0 Å². The quantitative estimate of drug-likeness (QED) is 0.351. The first-order chi connectivity index (χ1) is 17.4. The van der Waals surface area contributed by atoms with Crippen LogP contribution in [0, 0.1) is 5.92 Å². The topological polar surface area (TPSA) is 80.8 Å². The third kappa shape index (κ3) is 4.27. The standard InChI is InChI=1S/C28H34N4O3S/c1-17(33)24-22(31(2)28(36)29-13-15-35-3)16-23-26-20(12-14-32(23)27(24)34)25-19(10-7-11-21(25)30-26)18-8-5-4-6-9-18/h4-11,17,22-24,30,33H,12-16H2,1-3H3,(H,29,36)/t17-,22-,23-,24-/m0/s1. The summed E-state index contributed by atoms with van der Waals surface area (Å²) in [6.45, 7) is 3.47. The van der Waals surface area contributed by atoms with Gasteiger partial charge in [-0.3, -0.25) is 4.79 Å². The molecule has 4 atom stereocenters. The molecule has 2 aliphatic heterocycles. The number of carbonyl (C=O) groups excluding carboxylic acids is 1. The fourth-order valence-electron chi connectivity index (χ4n) is 5.99. The number of benzene rings is 2. The molecule has 0 spiro atoms. The van der Waals surface area contributed by atoms with Gasteiger partial charge in [-0.1, -0.05) is 42.5 Å². The fraction of sp³-hybridized carbons (Fsp3) is 0.429. The molecule has 3 N–H and O–H groups in total. The number of aromatic amines is 1. The predicted octanol–water partition coefficient (Wildman–Crippen LogP) is 3.48. The molecule has 3 heterocycles. The zero-order valence-corrected chi connectivity index (χ0v) is 21.8. The number of carbonyl (C=O) groups is 1. The van der Waals surface area contributed by atoms with Gasteiger partial charge in [-0.2, -0.15) is 0 Å². The summed E-state index contributed by atoms with van der Waals surface area (Å²) in [5.74, 6) is -0.551. The molecule has 0 unspecified atom stereocenters. The molecule has 5 rings (SSSR count). The molecule has 0 saturated carbocycles. The van der Waals surface area contributed by atoms with Crippen LogP contribution in [0.4, 0.5) is 0 Å². The molecule has 0 radical (unpaired) electrons. The van der Waals surface area contributed by atoms with Crippen LogP contribution in [0.1, 0.15) is 30.6 Å². The van der Waals surface area contributed by atoms with Crippen LogP contribution in [0.25, 0.3) is 22.0 Å². The molecule has 1 saturated heterocycles. The van der Waals surface area contributed by atoms with Crippen LogP contribution in [0.15, 0.2) is 48.5 Å². The van der Waals surface area contributed by atoms with Gasteiger partial charge in [0.1, 0.15) is 0 Å². The van der Waals surface area contributed by atoms with E-state index in [-0.39, 0.29) is 18.0 Å². The minimum absolute atomic E-state index is 0.00891. The van der Waals surface area contributed by atoms with Crippen LogP contribution in [0.2, 0.25) is 0 Å². The number of aliphatic hydroxyl groups excluding tert-OH is 1. The van der Waals surface area contributed by atoms with Crippen LogP contribution >= 0.6 is 12.2 Å². The summed E-state index contributed by atoms with van der Waals surface area (Å²) in [5, 5.41) is 15.7. The highest BCUT2D eigenvalue weighted by atomic mass is 32.1. The number of hydrogen-bond acceptors (Lipinski definition) is 4. The smallest absolute Gasteiger partial charge is 0.230 e. The highest BCUT2D eigenvalue weighted by Gasteiger charge is 2.48. The number of amides is 1. The van der Waals surface area contributed by atoms with E-state index in [1.807, 2.05) is 22.9 Å². The molecule has 3 aromatic rings. The highest BCUT2D eigenvalue weighted by Crippen LogP contribution is 2.45. The SMILES string of the molecule is COCCNC(=S)N(C)[C@H]1C[C@H]2c3[nH]c4cccc(-c5ccccc5)c4c3CCN2C(=O)[C@H]1[C@H](C)O. The van der Waals surface area contributed by atoms with Crippen molar-refractivity contribution in [1.82, 2.24) is 20.1 Å². The van der Waals surface area contributed by atoms with E-state index in [1.165, 1.54) is 22.1 Å². The lowest BCUT2D eigenvalue weighted by Crippen LogP contribution is -2.60. The van der Waals surface area contributed by atoms with E-state index in [2.05, 4.69) is 52.8 Å². The highest BCUT2D eigenvalue weighted by molar-refractivity contribution is 7.80. The number of nitrogens with one attached hydrogen (secondary N) is 2. The monoisotopic (exact) mass is 506 g/mol. The Morgan fingerprint density at radius 3 is 2.78 bits per heavy atom. The number of methoxy groups -OCH3 is 1. The average Bonchev–Trinajstić information content (AvgIpc) is 3.28. The van der Waals surface area contributed by atoms with Gasteiger partial charge in [-0.15, -0.1) is 0 Å². The van der Waals surface area contributed by atoms with Crippen LogP contribution < -0.4 is 5.32 Å². The molecule has 0 aliphatic carbocycles. The number of fused-ring (bicyclic) bond motifs is 5. The Hall–Kier alpha value is -2.94. The zero-order chi connectivity index (χ0) is 25.4. The lowest BCUT2D eigenvalue weighted by molar-refractivity contribution is -0.151. The number of aliphatic hydroxyl groups is 1. The van der Waals surface area contributed by atoms with E-state index < -0.39 is 12.0 Å². The van der Waals surface area contributed by atoms with Crippen molar-refractivity contribution in [3.8, 4) is 11.1 Å². The van der Waals surface area contributed by atoms with Crippen molar-refractivity contribution < 1.29 is 14.6 Å². The maximum atomic E-state index is 13.8. The molecule has 2 aromatic carbocycles. The van der Waals surface area contributed by atoms with E-state index in [9.17, 15) is 9.90 Å². The number of hydrogen-bond donors (Lipinski definition) is 3. The minimum atomic E-state index is -0.776. The second-order valence-electron chi connectivity index (χ2n) is 9.81. The Bertz CT molecular complexity index is 1260. The number of nitrogens with zero attached hydrogens (tertiary/aromatic N) is 2. The minimum Gasteiger partial charge on any atom is -0.393 e. The normalized spacial score (nSPS) is 22.2. The largest absolute Gasteiger partial charge is 0.393 e. The van der Waals surface area contributed by atoms with Gasteiger partial charge >= 0.3 is 0 Å². The summed E-state index contributed by atoms with van der Waals surface area (Å²) in [5.41, 5.74) is 5.88. The molecule has 36 heavy (non-hydrogen) atoms. The first-order valence-corrected chi connectivity index (χ1v) is 13.0. The maximum absolute atomic E-state index is 13.8. The Labute approximate surface area is 217 Å². The molecule has 190 valence electrons. The average molecular weight is 507 g/mol. The lowest BCUT2D eigenvalue weighted by atomic mass is 9.79. The summed E-state index contributed by atoms with van der Waals surface area (Å²) >= 11 is 5.64. The number of thiocarbonyl (C=S) groups is 1. The van der Waals surface area contributed by atoms with Gasteiger partial charge in [-0.05, 0) is 54.7 Å². The maximum Gasteiger partial charge on any atom is 0.230 e. The van der Waals surface area contributed by atoms with E-state index >= 15 is 0 Å². The molecule has 2 aliphatic rings. The van der Waals surface area contributed by atoms with Crippen molar-refractivity contribution in [3.63, 3.8) is 0 Å². The van der Waals surface area contributed by atoms with Crippen LogP contribution in [-0.4, -0.2) is 76.9 Å². The Morgan fingerprint density at radius 2 is 2.06 bits per heavy atom. The second-order valence-corrected chi connectivity index (χ2v) is 10.2. The molecule has 7 nitrogen and oxygen atoms in total. The Morgan fingerprint density at radius 1 is 1.28 bits per heavy atom. The lowest BCUT2D eigenvalue weighted by Gasteiger charge is -2.49. The van der Waals surface area contributed by atoms with Gasteiger partial charge in [0.15, 0.2) is 5.11 Å².